The number of aryl methyl sites for hydroxylation is 1. The van der Waals surface area contributed by atoms with Gasteiger partial charge in [-0.15, -0.1) is 0 Å². The average Bonchev–Trinajstić information content (AvgIpc) is 3.04. The van der Waals surface area contributed by atoms with Gasteiger partial charge in [0.2, 0.25) is 0 Å². The number of aromatic nitrogens is 2. The molecule has 0 bridgehead atoms. The van der Waals surface area contributed by atoms with Crippen LogP contribution in [0.4, 0.5) is 5.69 Å². The van der Waals surface area contributed by atoms with Crippen LogP contribution in [0, 0.1) is 25.2 Å². The van der Waals surface area contributed by atoms with E-state index < -0.39 is 0 Å². The number of hydrogen-bond acceptors (Lipinski definition) is 4. The lowest BCUT2D eigenvalue weighted by atomic mass is 10.1. The van der Waals surface area contributed by atoms with E-state index in [1.54, 1.807) is 19.2 Å². The van der Waals surface area contributed by atoms with Crippen molar-refractivity contribution in [2.24, 2.45) is 0 Å². The van der Waals surface area contributed by atoms with E-state index in [1.807, 2.05) is 43.3 Å². The van der Waals surface area contributed by atoms with Crippen LogP contribution in [-0.2, 0) is 0 Å². The van der Waals surface area contributed by atoms with Gasteiger partial charge in [-0.05, 0) is 49.2 Å². The highest BCUT2D eigenvalue weighted by Crippen LogP contribution is 2.20. The number of fused-ring (bicyclic) bond motifs is 3. The molecule has 132 valence electrons. The molecule has 0 radical (unpaired) electrons. The molecule has 0 fully saturated rings. The van der Waals surface area contributed by atoms with Gasteiger partial charge >= 0.3 is 0 Å². The maximum absolute atomic E-state index is 13.2. The molecular weight excluding hydrogens is 360 g/mol. The molecule has 1 N–H and O–H groups in total. The SMILES string of the molecule is Cc1ccc(N/C=c2/c(C)c(C#N)c3nc4ccccc4n3c2=O)cc1Cl. The summed E-state index contributed by atoms with van der Waals surface area (Å²) in [6.07, 6.45) is 1.62. The maximum Gasteiger partial charge on any atom is 0.265 e. The lowest BCUT2D eigenvalue weighted by Gasteiger charge is -2.05. The van der Waals surface area contributed by atoms with Gasteiger partial charge in [-0.2, -0.15) is 5.26 Å². The summed E-state index contributed by atoms with van der Waals surface area (Å²) in [6.45, 7) is 3.68. The minimum atomic E-state index is -0.221. The highest BCUT2D eigenvalue weighted by atomic mass is 35.5. The molecule has 6 heteroatoms. The zero-order valence-corrected chi connectivity index (χ0v) is 15.5. The van der Waals surface area contributed by atoms with Crippen LogP contribution in [0.3, 0.4) is 0 Å². The third kappa shape index (κ3) is 2.71. The normalized spacial score (nSPS) is 11.9. The Hall–Kier alpha value is -3.36. The van der Waals surface area contributed by atoms with E-state index >= 15 is 0 Å². The van der Waals surface area contributed by atoms with Crippen LogP contribution in [-0.4, -0.2) is 9.38 Å². The van der Waals surface area contributed by atoms with Gasteiger partial charge in [-0.25, -0.2) is 4.98 Å². The number of pyridine rings is 1. The molecular formula is C21H15ClN4O. The van der Waals surface area contributed by atoms with Crippen molar-refractivity contribution in [3.63, 3.8) is 0 Å². The predicted molar refractivity (Wildman–Crippen MR) is 108 cm³/mol. The number of nitriles is 1. The molecule has 4 aromatic rings. The van der Waals surface area contributed by atoms with Crippen LogP contribution < -0.4 is 16.1 Å². The average molecular weight is 375 g/mol. The number of halogens is 1. The zero-order chi connectivity index (χ0) is 19.1. The Labute approximate surface area is 160 Å². The molecule has 2 aromatic heterocycles. The van der Waals surface area contributed by atoms with E-state index in [9.17, 15) is 10.1 Å². The highest BCUT2D eigenvalue weighted by Gasteiger charge is 2.15. The summed E-state index contributed by atoms with van der Waals surface area (Å²) in [5.74, 6) is 0. The van der Waals surface area contributed by atoms with Crippen molar-refractivity contribution in [2.75, 3.05) is 5.32 Å². The summed E-state index contributed by atoms with van der Waals surface area (Å²) in [6, 6.07) is 15.1. The van der Waals surface area contributed by atoms with Gasteiger partial charge in [0.1, 0.15) is 6.07 Å². The first-order valence-electron chi connectivity index (χ1n) is 8.38. The molecule has 2 aromatic carbocycles. The van der Waals surface area contributed by atoms with Gasteiger partial charge < -0.3 is 5.32 Å². The van der Waals surface area contributed by atoms with Gasteiger partial charge in [0, 0.05) is 16.9 Å². The van der Waals surface area contributed by atoms with Crippen LogP contribution in [0.25, 0.3) is 22.9 Å². The zero-order valence-electron chi connectivity index (χ0n) is 14.7. The molecule has 27 heavy (non-hydrogen) atoms. The number of imidazole rings is 1. The third-order valence-electron chi connectivity index (χ3n) is 4.66. The minimum absolute atomic E-state index is 0.221. The van der Waals surface area contributed by atoms with E-state index in [4.69, 9.17) is 11.6 Å². The van der Waals surface area contributed by atoms with E-state index in [-0.39, 0.29) is 5.56 Å². The van der Waals surface area contributed by atoms with Crippen LogP contribution in [0.1, 0.15) is 16.7 Å². The molecule has 0 saturated carbocycles. The number of rotatable bonds is 2. The van der Waals surface area contributed by atoms with Crippen LogP contribution in [0.15, 0.2) is 47.3 Å². The number of para-hydroxylation sites is 2. The fraction of sp³-hybridized carbons (Fsp3) is 0.0952. The maximum atomic E-state index is 13.2. The Balaban J connectivity index is 2.00. The van der Waals surface area contributed by atoms with E-state index in [2.05, 4.69) is 16.4 Å². The first kappa shape index (κ1) is 17.1. The Morgan fingerprint density at radius 1 is 1.22 bits per heavy atom. The quantitative estimate of drug-likeness (QED) is 0.582. The van der Waals surface area contributed by atoms with Crippen molar-refractivity contribution in [2.45, 2.75) is 13.8 Å². The van der Waals surface area contributed by atoms with E-state index in [1.165, 1.54) is 4.40 Å². The standard InChI is InChI=1S/C21H15ClN4O/c1-12-7-8-14(9-17(12)22)24-11-16-13(2)15(10-23)20-25-18-5-3-4-6-19(18)26(20)21(16)27/h3-9,11,24H,1-2H3/b16-11-. The molecule has 0 amide bonds. The van der Waals surface area contributed by atoms with Gasteiger partial charge in [-0.1, -0.05) is 29.8 Å². The number of hydrogen-bond donors (Lipinski definition) is 1. The fourth-order valence-electron chi connectivity index (χ4n) is 3.12. The van der Waals surface area contributed by atoms with E-state index in [0.29, 0.717) is 38.0 Å². The molecule has 0 aliphatic rings. The van der Waals surface area contributed by atoms with Crippen LogP contribution in [0.5, 0.6) is 0 Å². The summed E-state index contributed by atoms with van der Waals surface area (Å²) in [5, 5.41) is 13.8. The molecule has 0 aliphatic carbocycles. The molecule has 0 spiro atoms. The van der Waals surface area contributed by atoms with Gasteiger partial charge in [0.25, 0.3) is 5.56 Å². The topological polar surface area (TPSA) is 70.2 Å². The fourth-order valence-corrected chi connectivity index (χ4v) is 3.31. The lowest BCUT2D eigenvalue weighted by molar-refractivity contribution is 1.10. The smallest absolute Gasteiger partial charge is 0.265 e. The van der Waals surface area contributed by atoms with Gasteiger partial charge in [0.15, 0.2) is 5.65 Å². The van der Waals surface area contributed by atoms with Crippen molar-refractivity contribution in [1.82, 2.24) is 9.38 Å². The predicted octanol–water partition coefficient (Wildman–Crippen LogP) is 3.56. The molecule has 0 unspecified atom stereocenters. The van der Waals surface area contributed by atoms with Crippen molar-refractivity contribution in [1.29, 1.82) is 5.26 Å². The second-order valence-electron chi connectivity index (χ2n) is 6.34. The third-order valence-corrected chi connectivity index (χ3v) is 5.07. The number of nitrogens with zero attached hydrogens (tertiary/aromatic N) is 3. The lowest BCUT2D eigenvalue weighted by Crippen LogP contribution is -2.34. The summed E-state index contributed by atoms with van der Waals surface area (Å²) < 4.78 is 1.50. The van der Waals surface area contributed by atoms with E-state index in [0.717, 1.165) is 11.3 Å². The summed E-state index contributed by atoms with van der Waals surface area (Å²) >= 11 is 6.16. The Bertz CT molecular complexity index is 1370. The molecule has 5 nitrogen and oxygen atoms in total. The summed E-state index contributed by atoms with van der Waals surface area (Å²) in [5.41, 5.74) is 4.25. The summed E-state index contributed by atoms with van der Waals surface area (Å²) in [4.78, 5) is 17.6. The van der Waals surface area contributed by atoms with Crippen molar-refractivity contribution in [3.8, 4) is 6.07 Å². The number of anilines is 1. The highest BCUT2D eigenvalue weighted by molar-refractivity contribution is 6.31. The van der Waals surface area contributed by atoms with Crippen molar-refractivity contribution >= 4 is 40.2 Å². The van der Waals surface area contributed by atoms with Crippen LogP contribution in [0.2, 0.25) is 5.02 Å². The van der Waals surface area contributed by atoms with Crippen LogP contribution >= 0.6 is 11.6 Å². The Kier molecular flexibility index (Phi) is 4.06. The molecule has 0 aliphatic heterocycles. The molecule has 4 rings (SSSR count). The first-order chi connectivity index (χ1) is 13.0. The first-order valence-corrected chi connectivity index (χ1v) is 8.76. The molecule has 2 heterocycles. The Morgan fingerprint density at radius 3 is 2.74 bits per heavy atom. The Morgan fingerprint density at radius 2 is 2.00 bits per heavy atom. The number of nitrogens with one attached hydrogen (secondary N) is 1. The van der Waals surface area contributed by atoms with Crippen molar-refractivity contribution < 1.29 is 0 Å². The van der Waals surface area contributed by atoms with Gasteiger partial charge in [0.05, 0.1) is 21.8 Å². The second kappa shape index (κ2) is 6.42. The molecule has 0 saturated heterocycles. The summed E-state index contributed by atoms with van der Waals surface area (Å²) in [7, 11) is 0. The molecule has 0 atom stereocenters. The largest absolute Gasteiger partial charge is 0.361 e. The monoisotopic (exact) mass is 374 g/mol. The minimum Gasteiger partial charge on any atom is -0.361 e. The van der Waals surface area contributed by atoms with Crippen molar-refractivity contribution in [3.05, 3.63) is 79.8 Å². The second-order valence-corrected chi connectivity index (χ2v) is 6.75. The number of benzene rings is 2. The van der Waals surface area contributed by atoms with Gasteiger partial charge in [-0.3, -0.25) is 9.20 Å².